The monoisotopic (exact) mass is 274 g/mol. The first-order valence-corrected chi connectivity index (χ1v) is 6.40. The molecule has 106 valence electrons. The molecule has 1 aliphatic rings. The maximum Gasteiger partial charge on any atom is 0.342 e. The number of benzene rings is 1. The highest BCUT2D eigenvalue weighted by molar-refractivity contribution is 5.82. The van der Waals surface area contributed by atoms with Crippen LogP contribution in [0.25, 0.3) is 0 Å². The third-order valence-electron chi connectivity index (χ3n) is 3.22. The SMILES string of the molecule is COC(=O)C1(OCc2ccc(OC)cc2)C=CC=CC1. The van der Waals surface area contributed by atoms with Crippen LogP contribution < -0.4 is 4.74 Å². The van der Waals surface area contributed by atoms with Crippen molar-refractivity contribution in [3.8, 4) is 5.75 Å². The molecule has 0 radical (unpaired) electrons. The van der Waals surface area contributed by atoms with Crippen LogP contribution in [-0.2, 0) is 20.9 Å². The van der Waals surface area contributed by atoms with E-state index in [2.05, 4.69) is 0 Å². The maximum absolute atomic E-state index is 12.0. The van der Waals surface area contributed by atoms with Crippen molar-refractivity contribution in [1.29, 1.82) is 0 Å². The fraction of sp³-hybridized carbons (Fsp3) is 0.312. The van der Waals surface area contributed by atoms with Crippen molar-refractivity contribution < 1.29 is 19.0 Å². The van der Waals surface area contributed by atoms with Crippen LogP contribution in [0.3, 0.4) is 0 Å². The molecule has 1 aromatic rings. The molecule has 0 saturated carbocycles. The summed E-state index contributed by atoms with van der Waals surface area (Å²) in [5, 5.41) is 0. The van der Waals surface area contributed by atoms with Crippen LogP contribution in [-0.4, -0.2) is 25.8 Å². The van der Waals surface area contributed by atoms with Gasteiger partial charge < -0.3 is 14.2 Å². The lowest BCUT2D eigenvalue weighted by Crippen LogP contribution is -2.40. The summed E-state index contributed by atoms with van der Waals surface area (Å²) in [6.45, 7) is 0.331. The Bertz CT molecular complexity index is 516. The summed E-state index contributed by atoms with van der Waals surface area (Å²) in [5.74, 6) is 0.406. The molecule has 0 fully saturated rings. The van der Waals surface area contributed by atoms with E-state index in [1.165, 1.54) is 7.11 Å². The van der Waals surface area contributed by atoms with Gasteiger partial charge in [-0.1, -0.05) is 30.4 Å². The van der Waals surface area contributed by atoms with Gasteiger partial charge in [-0.15, -0.1) is 0 Å². The van der Waals surface area contributed by atoms with Gasteiger partial charge in [0.1, 0.15) is 5.75 Å². The van der Waals surface area contributed by atoms with Crippen molar-refractivity contribution in [2.75, 3.05) is 14.2 Å². The molecule has 1 aliphatic carbocycles. The highest BCUT2D eigenvalue weighted by atomic mass is 16.6. The molecule has 0 aromatic heterocycles. The average molecular weight is 274 g/mol. The molecule has 0 saturated heterocycles. The quantitative estimate of drug-likeness (QED) is 0.774. The normalized spacial score (nSPS) is 20.7. The van der Waals surface area contributed by atoms with Gasteiger partial charge >= 0.3 is 5.97 Å². The molecule has 4 nitrogen and oxygen atoms in total. The number of rotatable bonds is 5. The summed E-state index contributed by atoms with van der Waals surface area (Å²) in [7, 11) is 2.99. The molecule has 1 atom stereocenters. The van der Waals surface area contributed by atoms with Gasteiger partial charge in [-0.2, -0.15) is 0 Å². The fourth-order valence-electron chi connectivity index (χ4n) is 2.02. The van der Waals surface area contributed by atoms with Crippen LogP contribution >= 0.6 is 0 Å². The zero-order chi connectivity index (χ0) is 14.4. The predicted molar refractivity (Wildman–Crippen MR) is 75.4 cm³/mol. The van der Waals surface area contributed by atoms with Crippen LogP contribution in [0.15, 0.2) is 48.6 Å². The standard InChI is InChI=1S/C16H18O4/c1-18-14-8-6-13(7-9-14)12-20-16(15(17)19-2)10-4-3-5-11-16/h3-10H,11-12H2,1-2H3. The molecule has 0 bridgehead atoms. The molecule has 4 heteroatoms. The minimum atomic E-state index is -1.02. The summed E-state index contributed by atoms with van der Waals surface area (Å²) in [6, 6.07) is 7.54. The van der Waals surface area contributed by atoms with Crippen molar-refractivity contribution in [2.24, 2.45) is 0 Å². The van der Waals surface area contributed by atoms with Crippen molar-refractivity contribution in [1.82, 2.24) is 0 Å². The number of hydrogen-bond acceptors (Lipinski definition) is 4. The molecule has 0 amide bonds. The Morgan fingerprint density at radius 2 is 1.95 bits per heavy atom. The molecular formula is C16H18O4. The van der Waals surface area contributed by atoms with E-state index in [4.69, 9.17) is 14.2 Å². The Morgan fingerprint density at radius 1 is 1.20 bits per heavy atom. The first-order chi connectivity index (χ1) is 9.70. The second kappa shape index (κ2) is 6.39. The zero-order valence-electron chi connectivity index (χ0n) is 11.7. The Labute approximate surface area is 118 Å². The minimum Gasteiger partial charge on any atom is -0.497 e. The van der Waals surface area contributed by atoms with Gasteiger partial charge in [-0.3, -0.25) is 0 Å². The van der Waals surface area contributed by atoms with Crippen LogP contribution in [0.5, 0.6) is 5.75 Å². The highest BCUT2D eigenvalue weighted by Crippen LogP contribution is 2.26. The van der Waals surface area contributed by atoms with E-state index in [0.717, 1.165) is 11.3 Å². The number of esters is 1. The van der Waals surface area contributed by atoms with Crippen molar-refractivity contribution in [2.45, 2.75) is 18.6 Å². The number of hydrogen-bond donors (Lipinski definition) is 0. The largest absolute Gasteiger partial charge is 0.497 e. The molecule has 0 N–H and O–H groups in total. The Hall–Kier alpha value is -2.07. The van der Waals surface area contributed by atoms with Gasteiger partial charge in [-0.25, -0.2) is 4.79 Å². The van der Waals surface area contributed by atoms with Crippen LogP contribution in [0.2, 0.25) is 0 Å². The third kappa shape index (κ3) is 3.08. The molecule has 0 aliphatic heterocycles. The van der Waals surface area contributed by atoms with E-state index in [0.29, 0.717) is 13.0 Å². The van der Waals surface area contributed by atoms with Crippen LogP contribution in [0.1, 0.15) is 12.0 Å². The summed E-state index contributed by atoms with van der Waals surface area (Å²) in [4.78, 5) is 12.0. The number of carbonyl (C=O) groups excluding carboxylic acids is 1. The van der Waals surface area contributed by atoms with E-state index < -0.39 is 5.60 Å². The maximum atomic E-state index is 12.0. The van der Waals surface area contributed by atoms with Crippen molar-refractivity contribution >= 4 is 5.97 Å². The molecule has 1 unspecified atom stereocenters. The summed E-state index contributed by atoms with van der Waals surface area (Å²) >= 11 is 0. The highest BCUT2D eigenvalue weighted by Gasteiger charge is 2.38. The Balaban J connectivity index is 2.07. The lowest BCUT2D eigenvalue weighted by Gasteiger charge is -2.28. The smallest absolute Gasteiger partial charge is 0.342 e. The van der Waals surface area contributed by atoms with E-state index in [9.17, 15) is 4.79 Å². The lowest BCUT2D eigenvalue weighted by atomic mass is 9.95. The van der Waals surface area contributed by atoms with E-state index >= 15 is 0 Å². The van der Waals surface area contributed by atoms with Crippen LogP contribution in [0, 0.1) is 0 Å². The van der Waals surface area contributed by atoms with Gasteiger partial charge in [0, 0.05) is 6.42 Å². The molecule has 2 rings (SSSR count). The van der Waals surface area contributed by atoms with Gasteiger partial charge in [0.25, 0.3) is 0 Å². The summed E-state index contributed by atoms with van der Waals surface area (Å²) in [5.41, 5.74) is -0.0549. The van der Waals surface area contributed by atoms with E-state index in [1.807, 2.05) is 36.4 Å². The summed E-state index contributed by atoms with van der Waals surface area (Å²) < 4.78 is 15.8. The van der Waals surface area contributed by atoms with E-state index in [-0.39, 0.29) is 5.97 Å². The first-order valence-electron chi connectivity index (χ1n) is 6.40. The second-order valence-electron chi connectivity index (χ2n) is 4.51. The topological polar surface area (TPSA) is 44.8 Å². The van der Waals surface area contributed by atoms with E-state index in [1.54, 1.807) is 19.3 Å². The Kier molecular flexibility index (Phi) is 4.58. The van der Waals surface area contributed by atoms with Gasteiger partial charge in [0.2, 0.25) is 0 Å². The number of methoxy groups -OCH3 is 2. The average Bonchev–Trinajstić information content (AvgIpc) is 2.53. The van der Waals surface area contributed by atoms with Gasteiger partial charge in [0.15, 0.2) is 5.60 Å². The molecule has 0 heterocycles. The van der Waals surface area contributed by atoms with Crippen molar-refractivity contribution in [3.63, 3.8) is 0 Å². The second-order valence-corrected chi connectivity index (χ2v) is 4.51. The molecule has 0 spiro atoms. The predicted octanol–water partition coefficient (Wildman–Crippen LogP) is 2.64. The number of ether oxygens (including phenoxy) is 3. The molecule has 1 aromatic carbocycles. The lowest BCUT2D eigenvalue weighted by molar-refractivity contribution is -0.164. The minimum absolute atomic E-state index is 0.331. The van der Waals surface area contributed by atoms with Crippen LogP contribution in [0.4, 0.5) is 0 Å². The number of carbonyl (C=O) groups is 1. The first kappa shape index (κ1) is 14.3. The molecular weight excluding hydrogens is 256 g/mol. The molecule has 20 heavy (non-hydrogen) atoms. The van der Waals surface area contributed by atoms with Gasteiger partial charge in [-0.05, 0) is 23.8 Å². The fourth-order valence-corrected chi connectivity index (χ4v) is 2.02. The summed E-state index contributed by atoms with van der Waals surface area (Å²) in [6.07, 6.45) is 7.80. The number of allylic oxidation sites excluding steroid dienone is 2. The third-order valence-corrected chi connectivity index (χ3v) is 3.22. The van der Waals surface area contributed by atoms with Crippen molar-refractivity contribution in [3.05, 3.63) is 54.1 Å². The Morgan fingerprint density at radius 3 is 2.50 bits per heavy atom. The van der Waals surface area contributed by atoms with Gasteiger partial charge in [0.05, 0.1) is 20.8 Å². The zero-order valence-corrected chi connectivity index (χ0v) is 11.7.